The van der Waals surface area contributed by atoms with Crippen LogP contribution in [-0.4, -0.2) is 38.2 Å². The van der Waals surface area contributed by atoms with Crippen LogP contribution in [0.2, 0.25) is 0 Å². The predicted molar refractivity (Wildman–Crippen MR) is 108 cm³/mol. The van der Waals surface area contributed by atoms with E-state index in [1.165, 1.54) is 30.3 Å². The van der Waals surface area contributed by atoms with Crippen LogP contribution < -0.4 is 10.0 Å². The number of halogens is 1. The molecule has 1 heterocycles. The largest absolute Gasteiger partial charge is 0.339 e. The van der Waals surface area contributed by atoms with E-state index in [1.54, 1.807) is 4.90 Å². The van der Waals surface area contributed by atoms with Gasteiger partial charge in [0.25, 0.3) is 15.9 Å². The highest BCUT2D eigenvalue weighted by atomic mass is 32.2. The summed E-state index contributed by atoms with van der Waals surface area (Å²) in [6.07, 6.45) is 0.555. The number of benzene rings is 2. The molecule has 3 rings (SSSR count). The molecule has 0 fully saturated rings. The van der Waals surface area contributed by atoms with Crippen LogP contribution in [-0.2, 0) is 21.2 Å². The Labute approximate surface area is 169 Å². The Morgan fingerprint density at radius 3 is 2.41 bits per heavy atom. The van der Waals surface area contributed by atoms with E-state index >= 15 is 0 Å². The number of hydrogen-bond acceptors (Lipinski definition) is 4. The molecule has 0 unspecified atom stereocenters. The molecule has 0 aliphatic carbocycles. The van der Waals surface area contributed by atoms with Crippen molar-refractivity contribution in [2.24, 2.45) is 0 Å². The molecule has 0 saturated heterocycles. The van der Waals surface area contributed by atoms with Gasteiger partial charge >= 0.3 is 0 Å². The number of amides is 2. The van der Waals surface area contributed by atoms with Crippen LogP contribution >= 0.6 is 0 Å². The first-order valence-electron chi connectivity index (χ1n) is 9.29. The normalized spacial score (nSPS) is 13.4. The second-order valence-electron chi connectivity index (χ2n) is 6.65. The first kappa shape index (κ1) is 20.8. The Kier molecular flexibility index (Phi) is 5.88. The fourth-order valence-electron chi connectivity index (χ4n) is 3.17. The van der Waals surface area contributed by atoms with Gasteiger partial charge in [0, 0.05) is 36.4 Å². The first-order chi connectivity index (χ1) is 13.7. The maximum Gasteiger partial charge on any atom is 0.264 e. The van der Waals surface area contributed by atoms with Gasteiger partial charge in [0.1, 0.15) is 10.7 Å². The van der Waals surface area contributed by atoms with Gasteiger partial charge in [0.05, 0.1) is 0 Å². The lowest BCUT2D eigenvalue weighted by Gasteiger charge is -2.19. The molecule has 0 bridgehead atoms. The lowest BCUT2D eigenvalue weighted by Crippen LogP contribution is -2.30. The summed E-state index contributed by atoms with van der Waals surface area (Å²) in [7, 11) is -4.18. The zero-order chi connectivity index (χ0) is 21.2. The van der Waals surface area contributed by atoms with Crippen molar-refractivity contribution in [2.75, 3.05) is 23.1 Å². The van der Waals surface area contributed by atoms with Crippen LogP contribution in [0, 0.1) is 5.82 Å². The summed E-state index contributed by atoms with van der Waals surface area (Å²) < 4.78 is 42.1. The van der Waals surface area contributed by atoms with Crippen LogP contribution in [0.15, 0.2) is 41.3 Å². The second kappa shape index (κ2) is 8.20. The summed E-state index contributed by atoms with van der Waals surface area (Å²) in [5, 5.41) is 2.53. The quantitative estimate of drug-likeness (QED) is 0.752. The van der Waals surface area contributed by atoms with Gasteiger partial charge in [-0.1, -0.05) is 0 Å². The SMILES string of the molecule is CCN(CC)C(=O)c1ccc(NS(=O)(=O)c2cc3c(cc2F)NC(=O)CC3)cc1. The second-order valence-corrected chi connectivity index (χ2v) is 8.30. The van der Waals surface area contributed by atoms with Gasteiger partial charge in [0.2, 0.25) is 5.91 Å². The topological polar surface area (TPSA) is 95.6 Å². The smallest absolute Gasteiger partial charge is 0.264 e. The molecule has 0 spiro atoms. The molecule has 2 aromatic rings. The Balaban J connectivity index is 1.83. The van der Waals surface area contributed by atoms with E-state index in [0.29, 0.717) is 30.6 Å². The number of nitrogens with zero attached hydrogens (tertiary/aromatic N) is 1. The molecule has 0 aromatic heterocycles. The first-order valence-corrected chi connectivity index (χ1v) is 10.8. The van der Waals surface area contributed by atoms with E-state index in [9.17, 15) is 22.4 Å². The molecule has 2 N–H and O–H groups in total. The summed E-state index contributed by atoms with van der Waals surface area (Å²) >= 11 is 0. The molecular formula is C20H22FN3O4S. The molecule has 2 aromatic carbocycles. The van der Waals surface area contributed by atoms with Gasteiger partial charge in [-0.05, 0) is 62.2 Å². The molecule has 2 amide bonds. The zero-order valence-electron chi connectivity index (χ0n) is 16.2. The minimum Gasteiger partial charge on any atom is -0.339 e. The van der Waals surface area contributed by atoms with Crippen molar-refractivity contribution in [1.29, 1.82) is 0 Å². The van der Waals surface area contributed by atoms with Gasteiger partial charge in [0.15, 0.2) is 0 Å². The maximum absolute atomic E-state index is 14.4. The van der Waals surface area contributed by atoms with Gasteiger partial charge in [-0.3, -0.25) is 14.3 Å². The molecule has 154 valence electrons. The Bertz CT molecular complexity index is 1050. The molecule has 7 nitrogen and oxygen atoms in total. The van der Waals surface area contributed by atoms with E-state index in [2.05, 4.69) is 10.0 Å². The third kappa shape index (κ3) is 4.40. The highest BCUT2D eigenvalue weighted by Crippen LogP contribution is 2.29. The number of carbonyl (C=O) groups excluding carboxylic acids is 2. The monoisotopic (exact) mass is 419 g/mol. The zero-order valence-corrected chi connectivity index (χ0v) is 17.0. The standard InChI is InChI=1S/C20H22FN3O4S/c1-3-24(4-2)20(26)13-5-8-15(9-6-13)23-29(27,28)18-11-14-7-10-19(25)22-17(14)12-16(18)21/h5-6,8-9,11-12,23H,3-4,7,10H2,1-2H3,(H,22,25). The minimum atomic E-state index is -4.18. The van der Waals surface area contributed by atoms with E-state index in [0.717, 1.165) is 6.07 Å². The predicted octanol–water partition coefficient (Wildman–Crippen LogP) is 2.99. The number of rotatable bonds is 6. The van der Waals surface area contributed by atoms with Crippen LogP contribution in [0.5, 0.6) is 0 Å². The van der Waals surface area contributed by atoms with Crippen LogP contribution in [0.3, 0.4) is 0 Å². The van der Waals surface area contributed by atoms with Crippen LogP contribution in [0.25, 0.3) is 0 Å². The fourth-order valence-corrected chi connectivity index (χ4v) is 4.34. The third-order valence-electron chi connectivity index (χ3n) is 4.78. The van der Waals surface area contributed by atoms with E-state index in [-0.39, 0.29) is 29.6 Å². The van der Waals surface area contributed by atoms with Crippen LogP contribution in [0.1, 0.15) is 36.2 Å². The third-order valence-corrected chi connectivity index (χ3v) is 6.17. The van der Waals surface area contributed by atoms with Crippen molar-refractivity contribution in [1.82, 2.24) is 4.90 Å². The Morgan fingerprint density at radius 1 is 1.14 bits per heavy atom. The van der Waals surface area contributed by atoms with Crippen molar-refractivity contribution < 1.29 is 22.4 Å². The maximum atomic E-state index is 14.4. The molecule has 29 heavy (non-hydrogen) atoms. The van der Waals surface area contributed by atoms with Gasteiger partial charge in [-0.15, -0.1) is 0 Å². The molecular weight excluding hydrogens is 397 g/mol. The van der Waals surface area contributed by atoms with Crippen molar-refractivity contribution in [2.45, 2.75) is 31.6 Å². The number of sulfonamides is 1. The highest BCUT2D eigenvalue weighted by molar-refractivity contribution is 7.92. The summed E-state index contributed by atoms with van der Waals surface area (Å²) in [5.74, 6) is -1.33. The Morgan fingerprint density at radius 2 is 1.79 bits per heavy atom. The molecule has 0 radical (unpaired) electrons. The molecule has 1 aliphatic heterocycles. The molecule has 0 saturated carbocycles. The van der Waals surface area contributed by atoms with Crippen molar-refractivity contribution in [3.63, 3.8) is 0 Å². The molecule has 1 aliphatic rings. The van der Waals surface area contributed by atoms with E-state index in [1.807, 2.05) is 13.8 Å². The van der Waals surface area contributed by atoms with Gasteiger partial charge in [-0.25, -0.2) is 12.8 Å². The number of nitrogens with one attached hydrogen (secondary N) is 2. The summed E-state index contributed by atoms with van der Waals surface area (Å²) in [5.41, 5.74) is 1.50. The molecule has 9 heteroatoms. The number of anilines is 2. The van der Waals surface area contributed by atoms with Crippen molar-refractivity contribution in [3.05, 3.63) is 53.3 Å². The molecule has 0 atom stereocenters. The summed E-state index contributed by atoms with van der Waals surface area (Å²) in [4.78, 5) is 24.9. The lowest BCUT2D eigenvalue weighted by atomic mass is 10.0. The number of fused-ring (bicyclic) bond motifs is 1. The van der Waals surface area contributed by atoms with Gasteiger partial charge < -0.3 is 10.2 Å². The average Bonchev–Trinajstić information content (AvgIpc) is 2.68. The van der Waals surface area contributed by atoms with Crippen molar-refractivity contribution >= 4 is 33.2 Å². The summed E-state index contributed by atoms with van der Waals surface area (Å²) in [6, 6.07) is 8.24. The Hall–Kier alpha value is -2.94. The number of aryl methyl sites for hydroxylation is 1. The number of carbonyl (C=O) groups is 2. The van der Waals surface area contributed by atoms with Crippen molar-refractivity contribution in [3.8, 4) is 0 Å². The van der Waals surface area contributed by atoms with Crippen LogP contribution in [0.4, 0.5) is 15.8 Å². The lowest BCUT2D eigenvalue weighted by molar-refractivity contribution is -0.116. The minimum absolute atomic E-state index is 0.146. The van der Waals surface area contributed by atoms with E-state index in [4.69, 9.17) is 0 Å². The fraction of sp³-hybridized carbons (Fsp3) is 0.300. The summed E-state index contributed by atoms with van der Waals surface area (Å²) in [6.45, 7) is 4.90. The number of hydrogen-bond donors (Lipinski definition) is 2. The average molecular weight is 419 g/mol. The highest BCUT2D eigenvalue weighted by Gasteiger charge is 2.24. The van der Waals surface area contributed by atoms with E-state index < -0.39 is 20.7 Å². The van der Waals surface area contributed by atoms with Gasteiger partial charge in [-0.2, -0.15) is 0 Å².